The Morgan fingerprint density at radius 2 is 0.894 bits per heavy atom. The maximum atomic E-state index is 13.2. The summed E-state index contributed by atoms with van der Waals surface area (Å²) < 4.78 is 20.9. The molecule has 0 bridgehead atoms. The number of carbonyl (C=O) groups excluding carboxylic acids is 5. The summed E-state index contributed by atoms with van der Waals surface area (Å²) in [6.07, 6.45) is 2.08. The van der Waals surface area contributed by atoms with Crippen molar-refractivity contribution in [1.29, 1.82) is 0 Å². The zero-order chi connectivity index (χ0) is 34.6. The summed E-state index contributed by atoms with van der Waals surface area (Å²) in [6, 6.07) is 23.0. The Morgan fingerprint density at radius 3 is 1.23 bits per heavy atom. The zero-order valence-electron chi connectivity index (χ0n) is 25.4. The first-order valence-electron chi connectivity index (χ1n) is 13.7. The number of phenolic OH excluding ortho intramolecular Hbond substituents is 2. The molecule has 4 aromatic carbocycles. The van der Waals surface area contributed by atoms with Crippen LogP contribution < -0.4 is 9.47 Å². The van der Waals surface area contributed by atoms with Crippen molar-refractivity contribution < 1.29 is 53.1 Å². The van der Waals surface area contributed by atoms with Gasteiger partial charge in [0.05, 0.1) is 0 Å². The lowest BCUT2D eigenvalue weighted by molar-refractivity contribution is -0.176. The van der Waals surface area contributed by atoms with Gasteiger partial charge in [0.25, 0.3) is 5.79 Å². The number of benzene rings is 4. The lowest BCUT2D eigenvalue weighted by Crippen LogP contribution is -2.40. The number of phenols is 2. The molecule has 0 aliphatic carbocycles. The predicted octanol–water partition coefficient (Wildman–Crippen LogP) is 5.36. The molecule has 2 N–H and O–H groups in total. The normalized spacial score (nSPS) is 10.4. The highest BCUT2D eigenvalue weighted by Gasteiger charge is 2.41. The van der Waals surface area contributed by atoms with Crippen molar-refractivity contribution in [2.75, 3.05) is 14.2 Å². The molecule has 0 aliphatic rings. The molecule has 47 heavy (non-hydrogen) atoms. The van der Waals surface area contributed by atoms with Gasteiger partial charge in [-0.3, -0.25) is 14.4 Å². The fraction of sp³-hybridized carbons (Fsp3) is 0.0833. The van der Waals surface area contributed by atoms with Gasteiger partial charge in [0.1, 0.15) is 23.0 Å². The summed E-state index contributed by atoms with van der Waals surface area (Å²) in [5.74, 6) is -4.10. The number of carbonyl (C=O) groups is 5. The van der Waals surface area contributed by atoms with E-state index >= 15 is 0 Å². The second kappa shape index (κ2) is 16.2. The molecule has 11 heteroatoms. The highest BCUT2D eigenvalue weighted by molar-refractivity contribution is 6.49. The number of hydrogen-bond acceptors (Lipinski definition) is 11. The highest BCUT2D eigenvalue weighted by Crippen LogP contribution is 2.32. The summed E-state index contributed by atoms with van der Waals surface area (Å²) in [7, 11) is 2.68. The molecule has 0 saturated heterocycles. The van der Waals surface area contributed by atoms with Crippen molar-refractivity contribution in [1.82, 2.24) is 0 Å². The molecular formula is C36H30O11. The van der Waals surface area contributed by atoms with Gasteiger partial charge in [-0.1, -0.05) is 13.2 Å². The minimum Gasteiger partial charge on any atom is -0.508 e. The Labute approximate surface area is 269 Å². The van der Waals surface area contributed by atoms with E-state index in [2.05, 4.69) is 13.2 Å². The fourth-order valence-corrected chi connectivity index (χ4v) is 4.05. The number of Topliss-reactive ketones (excluding diaryl/α,β-unsaturated/α-hetero) is 3. The minimum absolute atomic E-state index is 0.0311. The Morgan fingerprint density at radius 1 is 0.553 bits per heavy atom. The topological polar surface area (TPSA) is 163 Å². The van der Waals surface area contributed by atoms with E-state index in [4.69, 9.17) is 29.2 Å². The van der Waals surface area contributed by atoms with E-state index in [1.165, 1.54) is 99.1 Å². The van der Waals surface area contributed by atoms with Crippen molar-refractivity contribution in [3.05, 3.63) is 145 Å². The van der Waals surface area contributed by atoms with Crippen LogP contribution in [0.5, 0.6) is 23.0 Å². The minimum atomic E-state index is -1.72. The molecule has 4 rings (SSSR count). The molecule has 0 saturated carbocycles. The monoisotopic (exact) mass is 638 g/mol. The van der Waals surface area contributed by atoms with E-state index in [-0.39, 0.29) is 39.7 Å². The largest absolute Gasteiger partial charge is 0.508 e. The second-order valence-corrected chi connectivity index (χ2v) is 9.41. The molecule has 11 nitrogen and oxygen atoms in total. The molecule has 240 valence electrons. The third-order valence-electron chi connectivity index (χ3n) is 6.46. The number of aromatic hydroxyl groups is 2. The van der Waals surface area contributed by atoms with Crippen LogP contribution in [0.15, 0.2) is 122 Å². The number of esters is 2. The molecule has 0 atom stereocenters. The second-order valence-electron chi connectivity index (χ2n) is 9.41. The predicted molar refractivity (Wildman–Crippen MR) is 169 cm³/mol. The van der Waals surface area contributed by atoms with Crippen molar-refractivity contribution in [2.45, 2.75) is 5.79 Å². The average Bonchev–Trinajstić information content (AvgIpc) is 3.10. The average molecular weight is 639 g/mol. The van der Waals surface area contributed by atoms with Crippen molar-refractivity contribution >= 4 is 29.3 Å². The first-order valence-corrected chi connectivity index (χ1v) is 13.7. The Balaban J connectivity index is 0.000000284. The molecule has 4 aromatic rings. The SMILES string of the molecule is C=CC(=O)Oc1ccc(C(=O)C(OC)(OC)c2ccc(OC(=O)C=C)cc2)cc1.O=C(C(=O)c1ccc(O)cc1)c1ccc(O)cc1. The van der Waals surface area contributed by atoms with Gasteiger partial charge in [-0.25, -0.2) is 9.59 Å². The van der Waals surface area contributed by atoms with Gasteiger partial charge in [0, 0.05) is 48.6 Å². The number of ketones is 3. The third-order valence-corrected chi connectivity index (χ3v) is 6.46. The third kappa shape index (κ3) is 8.94. The summed E-state index contributed by atoms with van der Waals surface area (Å²) >= 11 is 0. The molecule has 0 unspecified atom stereocenters. The molecule has 0 spiro atoms. The van der Waals surface area contributed by atoms with E-state index in [0.29, 0.717) is 5.56 Å². The van der Waals surface area contributed by atoms with Gasteiger partial charge in [-0.05, 0) is 97.1 Å². The summed E-state index contributed by atoms with van der Waals surface area (Å²) in [5, 5.41) is 18.2. The van der Waals surface area contributed by atoms with Crippen LogP contribution in [0.2, 0.25) is 0 Å². The molecule has 0 aromatic heterocycles. The first kappa shape index (κ1) is 35.3. The van der Waals surface area contributed by atoms with Gasteiger partial charge >= 0.3 is 11.9 Å². The van der Waals surface area contributed by atoms with E-state index < -0.39 is 35.1 Å². The van der Waals surface area contributed by atoms with Crippen LogP contribution in [-0.2, 0) is 24.8 Å². The zero-order valence-corrected chi connectivity index (χ0v) is 25.4. The maximum Gasteiger partial charge on any atom is 0.335 e. The van der Waals surface area contributed by atoms with E-state index in [9.17, 15) is 24.0 Å². The Hall–Kier alpha value is -6.17. The summed E-state index contributed by atoms with van der Waals surface area (Å²) in [4.78, 5) is 59.4. The highest BCUT2D eigenvalue weighted by atomic mass is 16.7. The number of ether oxygens (including phenoxy) is 4. The van der Waals surface area contributed by atoms with Crippen LogP contribution in [-0.4, -0.2) is 53.7 Å². The molecule has 0 aliphatic heterocycles. The van der Waals surface area contributed by atoms with E-state index in [1.807, 2.05) is 0 Å². The quantitative estimate of drug-likeness (QED) is 0.0513. The van der Waals surface area contributed by atoms with E-state index in [1.54, 1.807) is 12.1 Å². The van der Waals surface area contributed by atoms with Gasteiger partial charge in [0.15, 0.2) is 0 Å². The molecule has 0 radical (unpaired) electrons. The number of methoxy groups -OCH3 is 2. The van der Waals surface area contributed by atoms with Crippen LogP contribution >= 0.6 is 0 Å². The van der Waals surface area contributed by atoms with Gasteiger partial charge in [-0.15, -0.1) is 0 Å². The smallest absolute Gasteiger partial charge is 0.335 e. The van der Waals surface area contributed by atoms with Crippen LogP contribution in [0.3, 0.4) is 0 Å². The van der Waals surface area contributed by atoms with Crippen molar-refractivity contribution in [3.8, 4) is 23.0 Å². The summed E-state index contributed by atoms with van der Waals surface area (Å²) in [5.41, 5.74) is 1.10. The Kier molecular flexibility index (Phi) is 12.2. The standard InChI is InChI=1S/C22H20O7.C14H10O4/c1-5-19(23)28-17-11-7-15(8-12-17)21(25)22(26-3,27-4)16-9-13-18(14-10-16)29-20(24)6-2;15-11-5-1-9(2-6-11)13(17)14(18)10-3-7-12(16)8-4-10/h5-14H,1-2H2,3-4H3;1-8,15-16H. The molecule has 0 heterocycles. The van der Waals surface area contributed by atoms with Crippen LogP contribution in [0.4, 0.5) is 0 Å². The summed E-state index contributed by atoms with van der Waals surface area (Å²) in [6.45, 7) is 6.66. The number of hydrogen-bond donors (Lipinski definition) is 2. The van der Waals surface area contributed by atoms with Crippen LogP contribution in [0.1, 0.15) is 36.6 Å². The molecule has 0 amide bonds. The molecular weight excluding hydrogens is 608 g/mol. The number of rotatable bonds is 12. The van der Waals surface area contributed by atoms with Gasteiger partial charge in [-0.2, -0.15) is 0 Å². The van der Waals surface area contributed by atoms with Crippen molar-refractivity contribution in [2.24, 2.45) is 0 Å². The molecule has 0 fully saturated rings. The van der Waals surface area contributed by atoms with E-state index in [0.717, 1.165) is 12.2 Å². The fourth-order valence-electron chi connectivity index (χ4n) is 4.05. The van der Waals surface area contributed by atoms with Gasteiger partial charge < -0.3 is 29.2 Å². The first-order chi connectivity index (χ1) is 22.5. The van der Waals surface area contributed by atoms with Crippen molar-refractivity contribution in [3.63, 3.8) is 0 Å². The lowest BCUT2D eigenvalue weighted by Gasteiger charge is -2.29. The Bertz CT molecular complexity index is 1690. The van der Waals surface area contributed by atoms with Crippen LogP contribution in [0, 0.1) is 0 Å². The van der Waals surface area contributed by atoms with Crippen LogP contribution in [0.25, 0.3) is 0 Å². The van der Waals surface area contributed by atoms with Gasteiger partial charge in [0.2, 0.25) is 17.3 Å². The maximum absolute atomic E-state index is 13.2. The lowest BCUT2D eigenvalue weighted by atomic mass is 9.95.